The van der Waals surface area contributed by atoms with Gasteiger partial charge in [0.1, 0.15) is 60.2 Å². The Bertz CT molecular complexity index is 3360. The quantitative estimate of drug-likeness (QED) is 0.0430. The zero-order valence-electron chi connectivity index (χ0n) is 50.2. The fourth-order valence-corrected chi connectivity index (χ4v) is 10.9. The van der Waals surface area contributed by atoms with Crippen LogP contribution in [0.1, 0.15) is 65.5 Å². The van der Waals surface area contributed by atoms with Gasteiger partial charge in [-0.15, -0.1) is 10.2 Å². The highest BCUT2D eigenvalue weighted by molar-refractivity contribution is 5.99. The van der Waals surface area contributed by atoms with Crippen LogP contribution in [-0.4, -0.2) is 117 Å². The molecule has 4 heterocycles. The molecule has 11 rings (SSSR count). The number of carbonyl (C=O) groups is 2. The molecule has 466 valence electrons. The molecule has 0 saturated carbocycles. The first-order valence-electron chi connectivity index (χ1n) is 30.1. The summed E-state index contributed by atoms with van der Waals surface area (Å²) in [6.45, 7) is 2.23. The normalized spacial score (nSPS) is 21.6. The standard InChI is InChI=1S/C70H74N8O12/c1-81-69-65(87-47-53-30-17-7-18-31-53)63(85-45-51-26-13-5-14-27-51)61(83-43-49-22-9-3-10-23-49)59(89-69)41-77-39-57(73-75-77)37-71-67(79)55-34-21-35-56(36-55)68(80)72-38-58-40-78(76-74-58)42-60-62(84-44-50-24-11-4-12-25-50)64(86-46-52-28-15-6-16-29-52)66(70(82-2)90-60)88-48-54-32-19-8-20-33-54/h3-36,39-40,59-66,69-70H,37-38,41-48H2,1-2H3,(H,71,79)(H,72,80)/t59-,60-,61-,62-,63+,64+,65+,66+,69+,70+/m1/s1. The molecule has 0 bridgehead atoms. The Morgan fingerprint density at radius 1 is 0.389 bits per heavy atom. The van der Waals surface area contributed by atoms with Crippen LogP contribution >= 0.6 is 0 Å². The van der Waals surface area contributed by atoms with Gasteiger partial charge in [-0.05, 0) is 51.6 Å². The number of aromatic nitrogens is 6. The van der Waals surface area contributed by atoms with Crippen LogP contribution in [-0.2, 0) is 113 Å². The van der Waals surface area contributed by atoms with Crippen molar-refractivity contribution in [2.24, 2.45) is 0 Å². The van der Waals surface area contributed by atoms with Crippen molar-refractivity contribution < 1.29 is 57.0 Å². The van der Waals surface area contributed by atoms with Gasteiger partial charge in [-0.2, -0.15) is 0 Å². The van der Waals surface area contributed by atoms with E-state index in [9.17, 15) is 9.59 Å². The maximum Gasteiger partial charge on any atom is 0.251 e. The lowest BCUT2D eigenvalue weighted by molar-refractivity contribution is -0.319. The number of hydrogen-bond acceptors (Lipinski definition) is 16. The highest BCUT2D eigenvalue weighted by Crippen LogP contribution is 2.34. The van der Waals surface area contributed by atoms with Gasteiger partial charge in [0.2, 0.25) is 0 Å². The average molecular weight is 1220 g/mol. The molecule has 7 aromatic carbocycles. The molecule has 2 aliphatic rings. The Morgan fingerprint density at radius 3 is 0.978 bits per heavy atom. The van der Waals surface area contributed by atoms with E-state index in [-0.39, 0.29) is 50.5 Å². The molecule has 2 fully saturated rings. The van der Waals surface area contributed by atoms with E-state index in [0.29, 0.717) is 37.8 Å². The molecule has 2 aromatic heterocycles. The van der Waals surface area contributed by atoms with Crippen molar-refractivity contribution in [3.05, 3.63) is 275 Å². The minimum atomic E-state index is -0.828. The summed E-state index contributed by atoms with van der Waals surface area (Å²) in [6.07, 6.45) is -3.40. The van der Waals surface area contributed by atoms with E-state index in [4.69, 9.17) is 47.4 Å². The maximum absolute atomic E-state index is 13.7. The van der Waals surface area contributed by atoms with Gasteiger partial charge in [-0.1, -0.05) is 198 Å². The highest BCUT2D eigenvalue weighted by Gasteiger charge is 2.50. The Balaban J connectivity index is 0.721. The molecule has 0 aliphatic carbocycles. The molecule has 2 saturated heterocycles. The molecule has 20 nitrogen and oxygen atoms in total. The Kier molecular flexibility index (Phi) is 22.5. The van der Waals surface area contributed by atoms with Gasteiger partial charge in [0, 0.05) is 25.3 Å². The summed E-state index contributed by atoms with van der Waals surface area (Å²) in [5.74, 6) is -0.827. The van der Waals surface area contributed by atoms with E-state index < -0.39 is 73.2 Å². The number of ether oxygens (including phenoxy) is 10. The predicted molar refractivity (Wildman–Crippen MR) is 330 cm³/mol. The molecule has 20 heteroatoms. The maximum atomic E-state index is 13.7. The summed E-state index contributed by atoms with van der Waals surface area (Å²) < 4.78 is 68.9. The average Bonchev–Trinajstić information content (AvgIpc) is 1.26. The summed E-state index contributed by atoms with van der Waals surface area (Å²) in [5.41, 5.74) is 7.42. The second-order valence-electron chi connectivity index (χ2n) is 21.9. The summed E-state index contributed by atoms with van der Waals surface area (Å²) in [5, 5.41) is 23.5. The third-order valence-corrected chi connectivity index (χ3v) is 15.5. The molecule has 90 heavy (non-hydrogen) atoms. The molecule has 0 radical (unpaired) electrons. The highest BCUT2D eigenvalue weighted by atomic mass is 16.7. The molecule has 10 atom stereocenters. The zero-order valence-corrected chi connectivity index (χ0v) is 50.2. The second kappa shape index (κ2) is 32.2. The van der Waals surface area contributed by atoms with Crippen LogP contribution in [0.5, 0.6) is 0 Å². The van der Waals surface area contributed by atoms with Gasteiger partial charge < -0.3 is 58.0 Å². The lowest BCUT2D eigenvalue weighted by Gasteiger charge is -2.45. The first-order chi connectivity index (χ1) is 44.3. The van der Waals surface area contributed by atoms with E-state index in [0.717, 1.165) is 33.4 Å². The van der Waals surface area contributed by atoms with E-state index in [1.165, 1.54) is 6.07 Å². The summed E-state index contributed by atoms with van der Waals surface area (Å²) >= 11 is 0. The zero-order chi connectivity index (χ0) is 61.7. The molecular weight excluding hydrogens is 1140 g/mol. The van der Waals surface area contributed by atoms with Crippen LogP contribution in [0, 0.1) is 0 Å². The fourth-order valence-electron chi connectivity index (χ4n) is 10.9. The van der Waals surface area contributed by atoms with Gasteiger partial charge in [-0.3, -0.25) is 9.59 Å². The van der Waals surface area contributed by atoms with Gasteiger partial charge in [0.15, 0.2) is 12.6 Å². The van der Waals surface area contributed by atoms with Crippen LogP contribution < -0.4 is 10.6 Å². The number of carbonyl (C=O) groups excluding carboxylic acids is 2. The number of benzene rings is 7. The number of nitrogens with zero attached hydrogens (tertiary/aromatic N) is 6. The monoisotopic (exact) mass is 1220 g/mol. The molecule has 2 aliphatic heterocycles. The SMILES string of the molecule is CO[C@H]1O[C@H](Cn2cc(CNC(=O)c3cccc(C(=O)NCc4cn(C[C@H]5O[C@H](OC)[C@@H](OCc6ccccc6)[C@@H](OCc6ccccc6)[C@@H]5OCc5ccccc5)nn4)c3)nn2)[C@@H](OCc2ccccc2)[C@H](OCc2ccccc2)[C@@H]1OCc1ccccc1. The Morgan fingerprint density at radius 2 is 0.678 bits per heavy atom. The van der Waals surface area contributed by atoms with Crippen molar-refractivity contribution in [2.75, 3.05) is 14.2 Å². The molecule has 2 amide bonds. The second-order valence-corrected chi connectivity index (χ2v) is 21.9. The smallest absolute Gasteiger partial charge is 0.251 e. The van der Waals surface area contributed by atoms with Crippen LogP contribution in [0.15, 0.2) is 219 Å². The van der Waals surface area contributed by atoms with Crippen molar-refractivity contribution in [3.63, 3.8) is 0 Å². The first-order valence-corrected chi connectivity index (χ1v) is 30.1. The van der Waals surface area contributed by atoms with E-state index in [2.05, 4.69) is 31.3 Å². The number of rotatable bonds is 30. The lowest BCUT2D eigenvalue weighted by Crippen LogP contribution is -2.61. The van der Waals surface area contributed by atoms with Crippen molar-refractivity contribution in [3.8, 4) is 0 Å². The largest absolute Gasteiger partial charge is 0.368 e. The molecule has 9 aromatic rings. The molecule has 0 spiro atoms. The van der Waals surface area contributed by atoms with Gasteiger partial charge >= 0.3 is 0 Å². The summed E-state index contributed by atoms with van der Waals surface area (Å²) in [4.78, 5) is 27.4. The van der Waals surface area contributed by atoms with Gasteiger partial charge in [0.25, 0.3) is 11.8 Å². The number of amides is 2. The molecule has 0 unspecified atom stereocenters. The van der Waals surface area contributed by atoms with Crippen LogP contribution in [0.3, 0.4) is 0 Å². The van der Waals surface area contributed by atoms with E-state index >= 15 is 0 Å². The summed E-state index contributed by atoms with van der Waals surface area (Å²) in [7, 11) is 3.16. The fraction of sp³-hybridized carbons (Fsp3) is 0.314. The van der Waals surface area contributed by atoms with Crippen molar-refractivity contribution in [1.82, 2.24) is 40.6 Å². The minimum Gasteiger partial charge on any atom is -0.368 e. The molecular formula is C70H74N8O12. The number of nitrogens with one attached hydrogen (secondary N) is 2. The number of hydrogen-bond donors (Lipinski definition) is 2. The third-order valence-electron chi connectivity index (χ3n) is 15.5. The first kappa shape index (κ1) is 62.9. The van der Waals surface area contributed by atoms with Crippen molar-refractivity contribution in [2.45, 2.75) is 127 Å². The Labute approximate surface area is 523 Å². The van der Waals surface area contributed by atoms with Crippen molar-refractivity contribution in [1.29, 1.82) is 0 Å². The topological polar surface area (TPSA) is 212 Å². The molecule has 2 N–H and O–H groups in total. The lowest BCUT2D eigenvalue weighted by atomic mass is 9.97. The van der Waals surface area contributed by atoms with E-state index in [1.807, 2.05) is 182 Å². The van der Waals surface area contributed by atoms with E-state index in [1.54, 1.807) is 54.2 Å². The predicted octanol–water partition coefficient (Wildman–Crippen LogP) is 8.98. The minimum absolute atomic E-state index is 0.0468. The van der Waals surface area contributed by atoms with Gasteiger partial charge in [0.05, 0.1) is 78.2 Å². The summed E-state index contributed by atoms with van der Waals surface area (Å²) in [6, 6.07) is 65.9. The van der Waals surface area contributed by atoms with Crippen LogP contribution in [0.2, 0.25) is 0 Å². The van der Waals surface area contributed by atoms with Gasteiger partial charge in [-0.25, -0.2) is 9.36 Å². The third kappa shape index (κ3) is 17.4. The van der Waals surface area contributed by atoms with Crippen LogP contribution in [0.4, 0.5) is 0 Å². The number of methoxy groups -OCH3 is 2. The Hall–Kier alpha value is -8.64. The van der Waals surface area contributed by atoms with Crippen molar-refractivity contribution >= 4 is 11.8 Å². The van der Waals surface area contributed by atoms with Crippen LogP contribution in [0.25, 0.3) is 0 Å².